The smallest absolute Gasteiger partial charge is 0.337 e. The molecule has 1 aliphatic rings. The van der Waals surface area contributed by atoms with Crippen LogP contribution in [-0.4, -0.2) is 47.5 Å². The van der Waals surface area contributed by atoms with Crippen molar-refractivity contribution in [1.29, 1.82) is 0 Å². The zero-order valence-corrected chi connectivity index (χ0v) is 12.9. The fourth-order valence-corrected chi connectivity index (χ4v) is 2.39. The van der Waals surface area contributed by atoms with Crippen molar-refractivity contribution < 1.29 is 14.3 Å². The number of carbonyl (C=O) groups excluding carboxylic acids is 2. The summed E-state index contributed by atoms with van der Waals surface area (Å²) in [7, 11) is 3.11. The van der Waals surface area contributed by atoms with E-state index in [1.807, 2.05) is 6.92 Å². The van der Waals surface area contributed by atoms with Crippen LogP contribution < -0.4 is 0 Å². The first-order valence-corrected chi connectivity index (χ1v) is 6.90. The summed E-state index contributed by atoms with van der Waals surface area (Å²) in [4.78, 5) is 26.8. The van der Waals surface area contributed by atoms with E-state index in [9.17, 15) is 9.59 Å². The average Bonchev–Trinajstić information content (AvgIpc) is 2.70. The topological polar surface area (TPSA) is 49.9 Å². The molecule has 21 heavy (non-hydrogen) atoms. The molecule has 0 atom stereocenters. The van der Waals surface area contributed by atoms with Crippen molar-refractivity contribution in [3.8, 4) is 0 Å². The summed E-state index contributed by atoms with van der Waals surface area (Å²) >= 11 is 5.23. The molecule has 0 radical (unpaired) electrons. The number of carbonyl (C=O) groups is 2. The molecule has 1 amide bonds. The maximum Gasteiger partial charge on any atom is 0.337 e. The molecule has 2 rings (SSSR count). The lowest BCUT2D eigenvalue weighted by Crippen LogP contribution is -2.30. The van der Waals surface area contributed by atoms with E-state index >= 15 is 0 Å². The van der Waals surface area contributed by atoms with E-state index in [4.69, 9.17) is 12.2 Å². The Balaban J connectivity index is 2.29. The Morgan fingerprint density at radius 1 is 1.33 bits per heavy atom. The first-order valence-electron chi connectivity index (χ1n) is 6.49. The van der Waals surface area contributed by atoms with E-state index in [0.717, 1.165) is 5.56 Å². The third kappa shape index (κ3) is 2.80. The van der Waals surface area contributed by atoms with Crippen molar-refractivity contribution in [1.82, 2.24) is 9.80 Å². The maximum atomic E-state index is 12.2. The number of methoxy groups -OCH3 is 1. The van der Waals surface area contributed by atoms with Crippen molar-refractivity contribution in [2.24, 2.45) is 0 Å². The van der Waals surface area contributed by atoms with Crippen LogP contribution in [0.25, 0.3) is 6.08 Å². The molecule has 110 valence electrons. The van der Waals surface area contributed by atoms with Crippen LogP contribution in [0.15, 0.2) is 30.0 Å². The first-order chi connectivity index (χ1) is 9.99. The van der Waals surface area contributed by atoms with Crippen LogP contribution >= 0.6 is 12.2 Å². The number of thiocarbonyl (C=S) groups is 1. The Bertz CT molecular complexity index is 622. The fourth-order valence-electron chi connectivity index (χ4n) is 2.08. The normalized spacial score (nSPS) is 16.8. The summed E-state index contributed by atoms with van der Waals surface area (Å²) in [6.45, 7) is 2.42. The summed E-state index contributed by atoms with van der Waals surface area (Å²) in [6.07, 6.45) is 1.76. The molecule has 1 heterocycles. The van der Waals surface area contributed by atoms with Gasteiger partial charge < -0.3 is 9.64 Å². The summed E-state index contributed by atoms with van der Waals surface area (Å²) < 4.78 is 4.65. The summed E-state index contributed by atoms with van der Waals surface area (Å²) in [5.74, 6) is -0.497. The van der Waals surface area contributed by atoms with Gasteiger partial charge in [-0.2, -0.15) is 0 Å². The lowest BCUT2D eigenvalue weighted by Gasteiger charge is -2.13. The number of amides is 1. The van der Waals surface area contributed by atoms with Crippen LogP contribution in [0.5, 0.6) is 0 Å². The van der Waals surface area contributed by atoms with E-state index in [1.54, 1.807) is 47.2 Å². The lowest BCUT2D eigenvalue weighted by molar-refractivity contribution is -0.122. The molecular formula is C15H16N2O3S. The van der Waals surface area contributed by atoms with Crippen molar-refractivity contribution in [3.63, 3.8) is 0 Å². The Labute approximate surface area is 128 Å². The van der Waals surface area contributed by atoms with E-state index in [0.29, 0.717) is 22.9 Å². The van der Waals surface area contributed by atoms with E-state index in [-0.39, 0.29) is 11.9 Å². The standard InChI is InChI=1S/C15H16N2O3S/c1-4-17-13(18)12(16(2)15(17)21)9-10-5-7-11(8-6-10)14(19)20-3/h5-9H,4H2,1-3H3/b12-9-. The number of benzene rings is 1. The van der Waals surface area contributed by atoms with Crippen LogP contribution in [0.2, 0.25) is 0 Å². The Kier molecular flexibility index (Phi) is 4.37. The van der Waals surface area contributed by atoms with Crippen molar-refractivity contribution in [2.45, 2.75) is 6.92 Å². The van der Waals surface area contributed by atoms with Gasteiger partial charge in [0.05, 0.1) is 12.7 Å². The summed E-state index contributed by atoms with van der Waals surface area (Å²) in [6, 6.07) is 6.84. The number of hydrogen-bond acceptors (Lipinski definition) is 4. The molecule has 0 N–H and O–H groups in total. The summed E-state index contributed by atoms with van der Waals surface area (Å²) in [5.41, 5.74) is 1.81. The molecule has 0 unspecified atom stereocenters. The molecule has 0 aromatic heterocycles. The Morgan fingerprint density at radius 2 is 1.95 bits per heavy atom. The monoisotopic (exact) mass is 304 g/mol. The maximum absolute atomic E-state index is 12.2. The molecule has 0 spiro atoms. The minimum Gasteiger partial charge on any atom is -0.465 e. The molecule has 0 saturated carbocycles. The second-order valence-corrected chi connectivity index (χ2v) is 4.90. The highest BCUT2D eigenvalue weighted by atomic mass is 32.1. The summed E-state index contributed by atoms with van der Waals surface area (Å²) in [5, 5.41) is 0.500. The van der Waals surface area contributed by atoms with Crippen LogP contribution in [0, 0.1) is 0 Å². The van der Waals surface area contributed by atoms with E-state index < -0.39 is 0 Å². The highest BCUT2D eigenvalue weighted by molar-refractivity contribution is 7.80. The first kappa shape index (κ1) is 15.2. The van der Waals surface area contributed by atoms with Gasteiger partial charge in [-0.25, -0.2) is 4.79 Å². The minimum absolute atomic E-state index is 0.109. The third-order valence-corrected chi connectivity index (χ3v) is 3.79. The van der Waals surface area contributed by atoms with Crippen molar-refractivity contribution in [2.75, 3.05) is 20.7 Å². The molecule has 6 heteroatoms. The second kappa shape index (κ2) is 6.05. The molecule has 1 saturated heterocycles. The molecular weight excluding hydrogens is 288 g/mol. The van der Waals surface area contributed by atoms with Gasteiger partial charge in [0.1, 0.15) is 5.70 Å². The Morgan fingerprint density at radius 3 is 2.43 bits per heavy atom. The van der Waals surface area contributed by atoms with Gasteiger partial charge in [0.2, 0.25) is 0 Å². The molecule has 1 aromatic rings. The molecule has 1 fully saturated rings. The zero-order chi connectivity index (χ0) is 15.6. The minimum atomic E-state index is -0.387. The number of ether oxygens (including phenoxy) is 1. The van der Waals surface area contributed by atoms with Gasteiger partial charge in [-0.3, -0.25) is 9.69 Å². The fraction of sp³-hybridized carbons (Fsp3) is 0.267. The molecule has 0 aliphatic carbocycles. The average molecular weight is 304 g/mol. The molecule has 1 aliphatic heterocycles. The molecule has 5 nitrogen and oxygen atoms in total. The SMILES string of the molecule is CCN1C(=O)/C(=C/c2ccc(C(=O)OC)cc2)N(C)C1=S. The number of hydrogen-bond donors (Lipinski definition) is 0. The second-order valence-electron chi connectivity index (χ2n) is 4.53. The zero-order valence-electron chi connectivity index (χ0n) is 12.1. The quantitative estimate of drug-likeness (QED) is 0.485. The number of likely N-dealkylation sites (N-methyl/N-ethyl adjacent to an activating group) is 2. The van der Waals surface area contributed by atoms with Crippen molar-refractivity contribution >= 4 is 35.3 Å². The third-order valence-electron chi connectivity index (χ3n) is 3.29. The van der Waals surface area contributed by atoms with Gasteiger partial charge in [-0.05, 0) is 42.9 Å². The van der Waals surface area contributed by atoms with Crippen LogP contribution in [0.1, 0.15) is 22.8 Å². The number of rotatable bonds is 3. The largest absolute Gasteiger partial charge is 0.465 e. The van der Waals surface area contributed by atoms with Crippen LogP contribution in [-0.2, 0) is 9.53 Å². The van der Waals surface area contributed by atoms with Crippen LogP contribution in [0.4, 0.5) is 0 Å². The highest BCUT2D eigenvalue weighted by Gasteiger charge is 2.34. The molecule has 0 bridgehead atoms. The van der Waals surface area contributed by atoms with Gasteiger partial charge in [0, 0.05) is 13.6 Å². The number of nitrogens with zero attached hydrogens (tertiary/aromatic N) is 2. The predicted octanol–water partition coefficient (Wildman–Crippen LogP) is 1.89. The van der Waals surface area contributed by atoms with Crippen LogP contribution in [0.3, 0.4) is 0 Å². The van der Waals surface area contributed by atoms with E-state index in [1.165, 1.54) is 7.11 Å². The highest BCUT2D eigenvalue weighted by Crippen LogP contribution is 2.22. The Hall–Kier alpha value is -2.21. The van der Waals surface area contributed by atoms with E-state index in [2.05, 4.69) is 4.74 Å². The number of esters is 1. The van der Waals surface area contributed by atoms with Crippen molar-refractivity contribution in [3.05, 3.63) is 41.1 Å². The van der Waals surface area contributed by atoms with Gasteiger partial charge in [0.25, 0.3) is 5.91 Å². The predicted molar refractivity (Wildman–Crippen MR) is 83.5 cm³/mol. The van der Waals surface area contributed by atoms with Gasteiger partial charge in [-0.15, -0.1) is 0 Å². The van der Waals surface area contributed by atoms with Gasteiger partial charge in [0.15, 0.2) is 5.11 Å². The van der Waals surface area contributed by atoms with Gasteiger partial charge >= 0.3 is 5.97 Å². The van der Waals surface area contributed by atoms with Gasteiger partial charge in [-0.1, -0.05) is 12.1 Å². The lowest BCUT2D eigenvalue weighted by atomic mass is 10.1. The molecule has 1 aromatic carbocycles.